The molecule has 144 valence electrons. The van der Waals surface area contributed by atoms with Gasteiger partial charge in [-0.3, -0.25) is 0 Å². The zero-order valence-electron chi connectivity index (χ0n) is 16.9. The number of unbranched alkanes of at least 4 members (excludes halogenated alkanes) is 3. The van der Waals surface area contributed by atoms with Crippen molar-refractivity contribution in [2.45, 2.75) is 116 Å². The van der Waals surface area contributed by atoms with Gasteiger partial charge in [0, 0.05) is 0 Å². The summed E-state index contributed by atoms with van der Waals surface area (Å²) in [5.74, 6) is 1.80. The first-order chi connectivity index (χ1) is 12.2. The molecule has 0 radical (unpaired) electrons. The van der Waals surface area contributed by atoms with Crippen LogP contribution in [0.2, 0.25) is 0 Å². The highest BCUT2D eigenvalue weighted by Gasteiger charge is 2.36. The highest BCUT2D eigenvalue weighted by molar-refractivity contribution is 5.02. The van der Waals surface area contributed by atoms with E-state index in [1.165, 1.54) is 83.5 Å². The fourth-order valence-electron chi connectivity index (χ4n) is 4.85. The number of hydrogen-bond acceptors (Lipinski definition) is 2. The van der Waals surface area contributed by atoms with Crippen molar-refractivity contribution in [1.82, 2.24) is 0 Å². The van der Waals surface area contributed by atoms with Gasteiger partial charge in [0.25, 0.3) is 0 Å². The van der Waals surface area contributed by atoms with Crippen molar-refractivity contribution >= 4 is 0 Å². The maximum Gasteiger partial charge on any atom is 0.0807 e. The highest BCUT2D eigenvalue weighted by Crippen LogP contribution is 2.41. The van der Waals surface area contributed by atoms with Gasteiger partial charge in [-0.15, -0.1) is 0 Å². The minimum Gasteiger partial charge on any atom is -0.377 e. The molecule has 0 N–H and O–H groups in total. The molecule has 2 saturated carbocycles. The Morgan fingerprint density at radius 2 is 1.44 bits per heavy atom. The zero-order chi connectivity index (χ0) is 18.0. The van der Waals surface area contributed by atoms with E-state index in [2.05, 4.69) is 19.9 Å². The van der Waals surface area contributed by atoms with Crippen LogP contribution in [-0.2, 0) is 4.74 Å². The Morgan fingerprint density at radius 3 is 2.04 bits per heavy atom. The van der Waals surface area contributed by atoms with Crippen LogP contribution in [0.25, 0.3) is 0 Å². The molecule has 0 aromatic rings. The van der Waals surface area contributed by atoms with Crippen LogP contribution in [0.15, 0.2) is 0 Å². The van der Waals surface area contributed by atoms with Crippen molar-refractivity contribution in [2.24, 2.45) is 17.3 Å². The van der Waals surface area contributed by atoms with Gasteiger partial charge in [0.1, 0.15) is 0 Å². The van der Waals surface area contributed by atoms with Crippen molar-refractivity contribution in [2.75, 3.05) is 6.61 Å². The lowest BCUT2D eigenvalue weighted by Gasteiger charge is -2.37. The van der Waals surface area contributed by atoms with Gasteiger partial charge in [-0.2, -0.15) is 5.26 Å². The van der Waals surface area contributed by atoms with Crippen molar-refractivity contribution in [3.05, 3.63) is 0 Å². The molecule has 0 aromatic carbocycles. The summed E-state index contributed by atoms with van der Waals surface area (Å²) in [6.45, 7) is 5.25. The molecular formula is C23H41NO. The van der Waals surface area contributed by atoms with E-state index in [0.29, 0.717) is 12.7 Å². The number of ether oxygens (including phenoxy) is 1. The van der Waals surface area contributed by atoms with Crippen molar-refractivity contribution in [3.63, 3.8) is 0 Å². The molecule has 0 heterocycles. The average Bonchev–Trinajstić information content (AvgIpc) is 2.67. The summed E-state index contributed by atoms with van der Waals surface area (Å²) in [6, 6.07) is 2.65. The molecule has 0 unspecified atom stereocenters. The van der Waals surface area contributed by atoms with Gasteiger partial charge in [-0.25, -0.2) is 0 Å². The van der Waals surface area contributed by atoms with Gasteiger partial charge in [0.2, 0.25) is 0 Å². The standard InChI is InChI=1S/C23H41NO/c1-3-5-7-9-20-10-12-22(13-11-20)25-19-23(18-24)16-14-21(15-17-23)8-6-4-2/h20-22H,3-17,19H2,1-2H3. The van der Waals surface area contributed by atoms with Crippen LogP contribution in [0.1, 0.15) is 110 Å². The molecule has 2 heteroatoms. The summed E-state index contributed by atoms with van der Waals surface area (Å²) >= 11 is 0. The molecule has 2 fully saturated rings. The summed E-state index contributed by atoms with van der Waals surface area (Å²) in [5, 5.41) is 9.77. The Hall–Kier alpha value is -0.550. The molecule has 25 heavy (non-hydrogen) atoms. The van der Waals surface area contributed by atoms with Crippen molar-refractivity contribution in [3.8, 4) is 6.07 Å². The zero-order valence-corrected chi connectivity index (χ0v) is 16.9. The number of hydrogen-bond donors (Lipinski definition) is 0. The number of rotatable bonds is 10. The fourth-order valence-corrected chi connectivity index (χ4v) is 4.85. The third-order valence-electron chi connectivity index (χ3n) is 6.87. The lowest BCUT2D eigenvalue weighted by atomic mass is 9.70. The maximum atomic E-state index is 9.77. The number of nitriles is 1. The van der Waals surface area contributed by atoms with Crippen LogP contribution in [0, 0.1) is 28.6 Å². The molecule has 0 spiro atoms. The summed E-state index contributed by atoms with van der Waals surface area (Å²) in [7, 11) is 0. The Labute approximate surface area is 156 Å². The van der Waals surface area contributed by atoms with Gasteiger partial charge in [-0.05, 0) is 63.2 Å². The lowest BCUT2D eigenvalue weighted by Crippen LogP contribution is -2.34. The first-order valence-electron chi connectivity index (χ1n) is 11.2. The van der Waals surface area contributed by atoms with E-state index in [-0.39, 0.29) is 5.41 Å². The highest BCUT2D eigenvalue weighted by atomic mass is 16.5. The molecule has 2 rings (SSSR count). The molecule has 0 atom stereocenters. The third kappa shape index (κ3) is 6.93. The topological polar surface area (TPSA) is 33.0 Å². The lowest BCUT2D eigenvalue weighted by molar-refractivity contribution is -0.0300. The molecule has 0 bridgehead atoms. The molecular weight excluding hydrogens is 306 g/mol. The minimum absolute atomic E-state index is 0.180. The predicted octanol–water partition coefficient (Wildman–Crippen LogP) is 7.03. The van der Waals surface area contributed by atoms with E-state index in [0.717, 1.165) is 24.7 Å². The molecule has 0 saturated heterocycles. The van der Waals surface area contributed by atoms with E-state index in [1.807, 2.05) is 0 Å². The van der Waals surface area contributed by atoms with Crippen LogP contribution in [0.5, 0.6) is 0 Å². The predicted molar refractivity (Wildman–Crippen MR) is 105 cm³/mol. The second kappa shape index (κ2) is 11.2. The summed E-state index contributed by atoms with van der Waals surface area (Å²) in [4.78, 5) is 0. The second-order valence-electron chi connectivity index (χ2n) is 8.93. The molecule has 2 aliphatic rings. The van der Waals surface area contributed by atoms with E-state index >= 15 is 0 Å². The summed E-state index contributed by atoms with van der Waals surface area (Å²) in [6.07, 6.45) is 19.7. The number of nitrogens with zero attached hydrogens (tertiary/aromatic N) is 1. The van der Waals surface area contributed by atoms with Gasteiger partial charge in [0.15, 0.2) is 0 Å². The Bertz CT molecular complexity index is 383. The van der Waals surface area contributed by atoms with E-state index in [4.69, 9.17) is 4.74 Å². The van der Waals surface area contributed by atoms with Gasteiger partial charge in [-0.1, -0.05) is 58.8 Å². The van der Waals surface area contributed by atoms with Crippen LogP contribution in [0.3, 0.4) is 0 Å². The minimum atomic E-state index is -0.180. The smallest absolute Gasteiger partial charge is 0.0807 e. The first kappa shape index (κ1) is 20.8. The molecule has 2 aliphatic carbocycles. The van der Waals surface area contributed by atoms with Crippen LogP contribution >= 0.6 is 0 Å². The summed E-state index contributed by atoms with van der Waals surface area (Å²) < 4.78 is 6.28. The summed E-state index contributed by atoms with van der Waals surface area (Å²) in [5.41, 5.74) is -0.180. The van der Waals surface area contributed by atoms with Gasteiger partial charge < -0.3 is 4.74 Å². The molecule has 0 aromatic heterocycles. The molecule has 2 nitrogen and oxygen atoms in total. The Morgan fingerprint density at radius 1 is 0.840 bits per heavy atom. The van der Waals surface area contributed by atoms with Crippen molar-refractivity contribution in [1.29, 1.82) is 5.26 Å². The van der Waals surface area contributed by atoms with Crippen LogP contribution < -0.4 is 0 Å². The average molecular weight is 348 g/mol. The van der Waals surface area contributed by atoms with Crippen LogP contribution in [-0.4, -0.2) is 12.7 Å². The Kier molecular flexibility index (Phi) is 9.32. The normalized spacial score (nSPS) is 33.1. The quantitative estimate of drug-likeness (QED) is 0.397. The first-order valence-corrected chi connectivity index (χ1v) is 11.2. The SMILES string of the molecule is CCCCCC1CCC(OCC2(C#N)CCC(CCCC)CC2)CC1. The van der Waals surface area contributed by atoms with E-state index in [9.17, 15) is 5.26 Å². The monoisotopic (exact) mass is 347 g/mol. The van der Waals surface area contributed by atoms with Crippen molar-refractivity contribution < 1.29 is 4.74 Å². The van der Waals surface area contributed by atoms with Gasteiger partial charge in [0.05, 0.1) is 24.2 Å². The largest absolute Gasteiger partial charge is 0.377 e. The van der Waals surface area contributed by atoms with Crippen LogP contribution in [0.4, 0.5) is 0 Å². The van der Waals surface area contributed by atoms with Gasteiger partial charge >= 0.3 is 0 Å². The fraction of sp³-hybridized carbons (Fsp3) is 0.957. The maximum absolute atomic E-state index is 9.77. The van der Waals surface area contributed by atoms with E-state index < -0.39 is 0 Å². The molecule has 0 amide bonds. The second-order valence-corrected chi connectivity index (χ2v) is 8.93. The third-order valence-corrected chi connectivity index (χ3v) is 6.87. The van der Waals surface area contributed by atoms with E-state index in [1.54, 1.807) is 0 Å². The Balaban J connectivity index is 1.66. The molecule has 0 aliphatic heterocycles.